The predicted octanol–water partition coefficient (Wildman–Crippen LogP) is 7.48. The highest BCUT2D eigenvalue weighted by Crippen LogP contribution is 2.37. The van der Waals surface area contributed by atoms with Gasteiger partial charge in [-0.25, -0.2) is 4.98 Å². The Kier molecular flexibility index (Phi) is 5.79. The van der Waals surface area contributed by atoms with Gasteiger partial charge in [0, 0.05) is 5.02 Å². The van der Waals surface area contributed by atoms with Gasteiger partial charge in [0.1, 0.15) is 5.75 Å². The topological polar surface area (TPSA) is 42.4 Å². The molecule has 1 amide bonds. The van der Waals surface area contributed by atoms with Crippen molar-refractivity contribution in [2.24, 2.45) is 0 Å². The highest BCUT2D eigenvalue weighted by molar-refractivity contribution is 7.22. The molecule has 0 spiro atoms. The number of thiazole rings is 1. The molecule has 1 heterocycles. The summed E-state index contributed by atoms with van der Waals surface area (Å²) < 4.78 is 42.2. The number of anilines is 2. The smallest absolute Gasteiger partial charge is 0.406 e. The van der Waals surface area contributed by atoms with Crippen LogP contribution in [0.1, 0.15) is 10.4 Å². The van der Waals surface area contributed by atoms with Crippen LogP contribution in [0, 0.1) is 0 Å². The molecule has 10 heteroatoms. The zero-order valence-electron chi connectivity index (χ0n) is 15.4. The first-order chi connectivity index (χ1) is 14.7. The second kappa shape index (κ2) is 8.37. The molecular weight excluding hydrogens is 472 g/mol. The number of hydrogen-bond acceptors (Lipinski definition) is 4. The minimum atomic E-state index is -4.82. The number of nitrogens with zero attached hydrogens (tertiary/aromatic N) is 2. The molecule has 1 aromatic heterocycles. The lowest BCUT2D eigenvalue weighted by atomic mass is 10.2. The summed E-state index contributed by atoms with van der Waals surface area (Å²) in [6.07, 6.45) is -4.82. The Balaban J connectivity index is 1.80. The van der Waals surface area contributed by atoms with Crippen molar-refractivity contribution in [2.45, 2.75) is 6.36 Å². The number of amides is 1. The van der Waals surface area contributed by atoms with Crippen LogP contribution in [-0.2, 0) is 0 Å². The number of halogens is 5. The van der Waals surface area contributed by atoms with E-state index in [1.54, 1.807) is 6.07 Å². The summed E-state index contributed by atoms with van der Waals surface area (Å²) in [5, 5.41) is 0.837. The van der Waals surface area contributed by atoms with Crippen LogP contribution in [0.4, 0.5) is 24.0 Å². The van der Waals surface area contributed by atoms with Crippen molar-refractivity contribution in [1.82, 2.24) is 4.98 Å². The van der Waals surface area contributed by atoms with Crippen molar-refractivity contribution in [3.05, 3.63) is 82.3 Å². The number of carbonyl (C=O) groups is 1. The number of rotatable bonds is 4. The highest BCUT2D eigenvalue weighted by atomic mass is 35.5. The number of alkyl halides is 3. The maximum Gasteiger partial charge on any atom is 0.573 e. The summed E-state index contributed by atoms with van der Waals surface area (Å²) in [4.78, 5) is 19.2. The highest BCUT2D eigenvalue weighted by Gasteiger charge is 2.31. The predicted molar refractivity (Wildman–Crippen MR) is 116 cm³/mol. The van der Waals surface area contributed by atoms with Gasteiger partial charge in [-0.1, -0.05) is 46.7 Å². The Morgan fingerprint density at radius 1 is 1.00 bits per heavy atom. The molecular formula is C21H11Cl2F3N2O2S. The van der Waals surface area contributed by atoms with E-state index < -0.39 is 18.0 Å². The van der Waals surface area contributed by atoms with Gasteiger partial charge < -0.3 is 4.74 Å². The summed E-state index contributed by atoms with van der Waals surface area (Å²) in [5.74, 6) is -0.914. The van der Waals surface area contributed by atoms with E-state index in [0.717, 1.165) is 16.8 Å². The minimum absolute atomic E-state index is 0.139. The molecule has 0 fully saturated rings. The number of carbonyl (C=O) groups excluding carboxylic acids is 1. The van der Waals surface area contributed by atoms with Crippen molar-refractivity contribution in [2.75, 3.05) is 4.90 Å². The van der Waals surface area contributed by atoms with Crippen molar-refractivity contribution >= 4 is 61.5 Å². The van der Waals surface area contributed by atoms with Gasteiger partial charge in [-0.3, -0.25) is 9.69 Å². The Bertz CT molecular complexity index is 1230. The van der Waals surface area contributed by atoms with E-state index in [0.29, 0.717) is 21.4 Å². The fourth-order valence-corrected chi connectivity index (χ4v) is 4.32. The molecule has 0 saturated carbocycles. The summed E-state index contributed by atoms with van der Waals surface area (Å²) in [7, 11) is 0. The summed E-state index contributed by atoms with van der Waals surface area (Å²) in [6.45, 7) is 0. The third-order valence-electron chi connectivity index (χ3n) is 4.17. The van der Waals surface area contributed by atoms with E-state index in [4.69, 9.17) is 23.2 Å². The van der Waals surface area contributed by atoms with Gasteiger partial charge in [0.15, 0.2) is 5.13 Å². The van der Waals surface area contributed by atoms with E-state index in [1.807, 2.05) is 18.2 Å². The first-order valence-electron chi connectivity index (χ1n) is 8.72. The average Bonchev–Trinajstić information content (AvgIpc) is 3.11. The van der Waals surface area contributed by atoms with E-state index in [1.165, 1.54) is 46.6 Å². The number of benzene rings is 3. The van der Waals surface area contributed by atoms with Crippen LogP contribution in [0.25, 0.3) is 10.2 Å². The van der Waals surface area contributed by atoms with Crippen LogP contribution in [-0.4, -0.2) is 17.3 Å². The lowest BCUT2D eigenvalue weighted by Crippen LogP contribution is -2.26. The summed E-state index contributed by atoms with van der Waals surface area (Å²) >= 11 is 13.4. The zero-order chi connectivity index (χ0) is 22.2. The lowest BCUT2D eigenvalue weighted by molar-refractivity contribution is -0.274. The van der Waals surface area contributed by atoms with Crippen LogP contribution in [0.2, 0.25) is 10.0 Å². The molecule has 4 nitrogen and oxygen atoms in total. The molecule has 4 aromatic rings. The fourth-order valence-electron chi connectivity index (χ4n) is 2.85. The van der Waals surface area contributed by atoms with E-state index >= 15 is 0 Å². The first-order valence-corrected chi connectivity index (χ1v) is 10.3. The maximum absolute atomic E-state index is 13.4. The molecule has 0 bridgehead atoms. The third-order valence-corrected chi connectivity index (χ3v) is 5.74. The SMILES string of the molecule is O=C(c1ccc(Cl)cc1Cl)N(c1ccc(OC(F)(F)F)cc1)c1nc2ccccc2s1. The molecule has 0 aliphatic heterocycles. The van der Waals surface area contributed by atoms with Gasteiger partial charge >= 0.3 is 6.36 Å². The second-order valence-corrected chi connectivity index (χ2v) is 8.12. The number of hydrogen-bond donors (Lipinski definition) is 0. The molecule has 0 atom stereocenters. The van der Waals surface area contributed by atoms with Crippen molar-refractivity contribution in [1.29, 1.82) is 0 Å². The number of ether oxygens (including phenoxy) is 1. The fraction of sp³-hybridized carbons (Fsp3) is 0.0476. The van der Waals surface area contributed by atoms with Crippen molar-refractivity contribution in [3.8, 4) is 5.75 Å². The standard InChI is InChI=1S/C21H11Cl2F3N2O2S/c22-12-5-10-15(16(23)11-12)19(29)28(20-27-17-3-1-2-4-18(17)31-20)13-6-8-14(9-7-13)30-21(24,25)26/h1-11H. The van der Waals surface area contributed by atoms with E-state index in [-0.39, 0.29) is 10.6 Å². The van der Waals surface area contributed by atoms with Gasteiger partial charge in [0.25, 0.3) is 5.91 Å². The largest absolute Gasteiger partial charge is 0.573 e. The molecule has 0 saturated heterocycles. The molecule has 0 radical (unpaired) electrons. The molecule has 3 aromatic carbocycles. The first kappa shape index (κ1) is 21.4. The molecule has 4 rings (SSSR count). The van der Waals surface area contributed by atoms with E-state index in [9.17, 15) is 18.0 Å². The van der Waals surface area contributed by atoms with Gasteiger partial charge in [-0.2, -0.15) is 0 Å². The molecule has 158 valence electrons. The number of fused-ring (bicyclic) bond motifs is 1. The molecule has 0 N–H and O–H groups in total. The number of aromatic nitrogens is 1. The summed E-state index contributed by atoms with van der Waals surface area (Å²) in [5.41, 5.74) is 1.14. The van der Waals surface area contributed by atoms with Crippen molar-refractivity contribution in [3.63, 3.8) is 0 Å². The molecule has 0 aliphatic carbocycles. The minimum Gasteiger partial charge on any atom is -0.406 e. The van der Waals surface area contributed by atoms with Gasteiger partial charge in [-0.05, 0) is 54.6 Å². The quantitative estimate of drug-likeness (QED) is 0.302. The molecule has 31 heavy (non-hydrogen) atoms. The van der Waals surface area contributed by atoms with Crippen LogP contribution in [0.3, 0.4) is 0 Å². The summed E-state index contributed by atoms with van der Waals surface area (Å²) in [6, 6.07) is 16.7. The Labute approximate surface area is 188 Å². The van der Waals surface area contributed by atoms with Crippen LogP contribution >= 0.6 is 34.5 Å². The Morgan fingerprint density at radius 2 is 1.71 bits per heavy atom. The Hall–Kier alpha value is -2.81. The lowest BCUT2D eigenvalue weighted by Gasteiger charge is -2.21. The van der Waals surface area contributed by atoms with Crippen LogP contribution in [0.15, 0.2) is 66.7 Å². The van der Waals surface area contributed by atoms with Gasteiger partial charge in [-0.15, -0.1) is 13.2 Å². The normalized spacial score (nSPS) is 11.5. The zero-order valence-corrected chi connectivity index (χ0v) is 17.7. The average molecular weight is 483 g/mol. The van der Waals surface area contributed by atoms with Gasteiger partial charge in [0.2, 0.25) is 0 Å². The third kappa shape index (κ3) is 4.76. The number of para-hydroxylation sites is 1. The van der Waals surface area contributed by atoms with Crippen molar-refractivity contribution < 1.29 is 22.7 Å². The Morgan fingerprint density at radius 3 is 2.35 bits per heavy atom. The molecule has 0 unspecified atom stereocenters. The second-order valence-electron chi connectivity index (χ2n) is 6.27. The van der Waals surface area contributed by atoms with Gasteiger partial charge in [0.05, 0.1) is 26.5 Å². The monoisotopic (exact) mass is 482 g/mol. The maximum atomic E-state index is 13.4. The van der Waals surface area contributed by atoms with Crippen LogP contribution in [0.5, 0.6) is 5.75 Å². The van der Waals surface area contributed by atoms with E-state index in [2.05, 4.69) is 9.72 Å². The molecule has 0 aliphatic rings. The van der Waals surface area contributed by atoms with Crippen LogP contribution < -0.4 is 9.64 Å².